The van der Waals surface area contributed by atoms with E-state index in [-0.39, 0.29) is 28.7 Å². The third-order valence-corrected chi connectivity index (χ3v) is 6.76. The van der Waals surface area contributed by atoms with Crippen molar-refractivity contribution in [2.45, 2.75) is 32.2 Å². The van der Waals surface area contributed by atoms with Crippen molar-refractivity contribution in [3.8, 4) is 5.75 Å². The minimum atomic E-state index is -0.0159. The fourth-order valence-corrected chi connectivity index (χ4v) is 4.39. The molecule has 0 aromatic heterocycles. The molecule has 0 atom stereocenters. The third kappa shape index (κ3) is 9.17. The maximum atomic E-state index is 13.5. The number of para-hydroxylation sites is 1. The van der Waals surface area contributed by atoms with Gasteiger partial charge in [0.25, 0.3) is 0 Å². The zero-order valence-electron chi connectivity index (χ0n) is 22.6. The van der Waals surface area contributed by atoms with E-state index in [2.05, 4.69) is 41.1 Å². The van der Waals surface area contributed by atoms with Crippen LogP contribution < -0.4 is 10.6 Å². The number of benzene rings is 3. The van der Waals surface area contributed by atoms with Gasteiger partial charge in [0.05, 0.1) is 17.1 Å². The Balaban J connectivity index is 1.64. The van der Waals surface area contributed by atoms with Crippen LogP contribution in [-0.2, 0) is 24.2 Å². The van der Waals surface area contributed by atoms with Crippen LogP contribution >= 0.6 is 12.1 Å². The number of aryl methyl sites for hydroxylation is 1. The predicted molar refractivity (Wildman–Crippen MR) is 164 cm³/mol. The Hall–Kier alpha value is -4.30. The molecule has 0 spiro atoms. The Morgan fingerprint density at radius 2 is 1.75 bits per heavy atom. The molecule has 0 bridgehead atoms. The topological polar surface area (TPSA) is 77.0 Å². The molecule has 0 saturated heterocycles. The molecule has 0 heterocycles. The quantitative estimate of drug-likeness (QED) is 0.137. The van der Waals surface area contributed by atoms with Gasteiger partial charge in [0.15, 0.2) is 0 Å². The molecule has 8 heteroatoms. The number of aliphatic imine (C=N–C) groups is 1. The van der Waals surface area contributed by atoms with E-state index in [0.717, 1.165) is 29.7 Å². The van der Waals surface area contributed by atoms with Gasteiger partial charge in [-0.3, -0.25) is 4.79 Å². The summed E-state index contributed by atoms with van der Waals surface area (Å²) in [5, 5.41) is 16.5. The maximum absolute atomic E-state index is 13.5. The summed E-state index contributed by atoms with van der Waals surface area (Å²) < 4.78 is 13.5. The molecule has 0 unspecified atom stereocenters. The van der Waals surface area contributed by atoms with E-state index in [1.807, 2.05) is 60.7 Å². The average Bonchev–Trinajstić information content (AvgIpc) is 2.97. The van der Waals surface area contributed by atoms with E-state index in [1.165, 1.54) is 11.6 Å². The first-order valence-corrected chi connectivity index (χ1v) is 13.7. The molecule has 0 saturated carbocycles. The van der Waals surface area contributed by atoms with E-state index < -0.39 is 0 Å². The van der Waals surface area contributed by atoms with Crippen molar-refractivity contribution in [2.75, 3.05) is 12.4 Å². The molecule has 208 valence electrons. The second-order valence-corrected chi connectivity index (χ2v) is 9.64. The van der Waals surface area contributed by atoms with E-state index in [4.69, 9.17) is 0 Å². The van der Waals surface area contributed by atoms with Crippen LogP contribution in [0.15, 0.2) is 119 Å². The van der Waals surface area contributed by atoms with Crippen LogP contribution in [0.3, 0.4) is 0 Å². The van der Waals surface area contributed by atoms with Crippen LogP contribution in [0, 0.1) is 0 Å². The van der Waals surface area contributed by atoms with Crippen molar-refractivity contribution in [1.29, 1.82) is 0 Å². The van der Waals surface area contributed by atoms with Gasteiger partial charge in [0, 0.05) is 25.7 Å². The van der Waals surface area contributed by atoms with Crippen molar-refractivity contribution in [3.05, 3.63) is 131 Å². The smallest absolute Gasteiger partial charge is 0.224 e. The van der Waals surface area contributed by atoms with Crippen LogP contribution in [0.5, 0.6) is 5.75 Å². The number of rotatable bonds is 15. The molecule has 1 amide bonds. The van der Waals surface area contributed by atoms with Gasteiger partial charge in [-0.25, -0.2) is 4.99 Å². The van der Waals surface area contributed by atoms with Gasteiger partial charge in [0.1, 0.15) is 17.4 Å². The van der Waals surface area contributed by atoms with Crippen molar-refractivity contribution >= 4 is 30.5 Å². The number of anilines is 1. The Labute approximate surface area is 240 Å². The zero-order valence-corrected chi connectivity index (χ0v) is 23.5. The molecular formula is C32H35FN4O2S. The van der Waals surface area contributed by atoms with E-state index in [9.17, 15) is 13.8 Å². The third-order valence-electron chi connectivity index (χ3n) is 6.25. The van der Waals surface area contributed by atoms with Gasteiger partial charge in [-0.15, -0.1) is 0 Å². The van der Waals surface area contributed by atoms with Crippen molar-refractivity contribution in [1.82, 2.24) is 10.2 Å². The summed E-state index contributed by atoms with van der Waals surface area (Å²) in [7, 11) is 1.75. The second kappa shape index (κ2) is 16.0. The maximum Gasteiger partial charge on any atom is 0.224 e. The lowest BCUT2D eigenvalue weighted by atomic mass is 10.1. The highest BCUT2D eigenvalue weighted by atomic mass is 32.2. The number of allylic oxidation sites excluding steroid dienone is 2. The molecule has 0 aliphatic heterocycles. The number of hydrogen-bond donors (Lipinski definition) is 3. The number of aromatic hydroxyl groups is 1. The molecule has 6 nitrogen and oxygen atoms in total. The summed E-state index contributed by atoms with van der Waals surface area (Å²) in [4.78, 5) is 18.3. The lowest BCUT2D eigenvalue weighted by Crippen LogP contribution is -2.28. The van der Waals surface area contributed by atoms with E-state index >= 15 is 0 Å². The molecule has 3 rings (SSSR count). The average molecular weight is 559 g/mol. The van der Waals surface area contributed by atoms with Crippen LogP contribution in [0.25, 0.3) is 0 Å². The number of phenols is 1. The van der Waals surface area contributed by atoms with Gasteiger partial charge in [0.2, 0.25) is 5.91 Å². The number of hydrogen-bond acceptors (Lipinski definition) is 6. The Morgan fingerprint density at radius 3 is 2.40 bits per heavy atom. The number of halogens is 1. The molecule has 0 fully saturated rings. The predicted octanol–water partition coefficient (Wildman–Crippen LogP) is 7.13. The highest BCUT2D eigenvalue weighted by Gasteiger charge is 2.14. The fourth-order valence-electron chi connectivity index (χ4n) is 4.06. The summed E-state index contributed by atoms with van der Waals surface area (Å²) in [5.74, 6) is 1.14. The molecule has 40 heavy (non-hydrogen) atoms. The number of nitrogens with zero attached hydrogens (tertiary/aromatic N) is 2. The highest BCUT2D eigenvalue weighted by Crippen LogP contribution is 2.26. The summed E-state index contributed by atoms with van der Waals surface area (Å²) >= 11 is 0.0463. The number of carbonyl (C=O) groups is 1. The summed E-state index contributed by atoms with van der Waals surface area (Å²) in [6.07, 6.45) is 5.82. The number of nitrogens with one attached hydrogen (secondary N) is 2. The Morgan fingerprint density at radius 1 is 1.05 bits per heavy atom. The minimum absolute atomic E-state index is 0.0159. The molecule has 3 aromatic carbocycles. The fraction of sp³-hybridized carbons (Fsp3) is 0.188. The molecule has 0 aliphatic rings. The van der Waals surface area contributed by atoms with Crippen molar-refractivity contribution in [2.24, 2.45) is 4.99 Å². The largest absolute Gasteiger partial charge is 0.508 e. The van der Waals surface area contributed by atoms with Crippen LogP contribution in [-0.4, -0.2) is 29.7 Å². The number of phenolic OH excluding ortho intramolecular Hbond substituents is 1. The normalized spacial score (nSPS) is 11.8. The summed E-state index contributed by atoms with van der Waals surface area (Å²) in [6, 6.07) is 24.8. The van der Waals surface area contributed by atoms with Gasteiger partial charge in [-0.05, 0) is 73.0 Å². The van der Waals surface area contributed by atoms with Gasteiger partial charge in [-0.1, -0.05) is 67.2 Å². The first-order chi connectivity index (χ1) is 19.4. The van der Waals surface area contributed by atoms with Crippen molar-refractivity contribution in [3.63, 3.8) is 0 Å². The minimum Gasteiger partial charge on any atom is -0.508 e. The molecular weight excluding hydrogens is 523 g/mol. The molecule has 0 radical (unpaired) electrons. The lowest BCUT2D eigenvalue weighted by Gasteiger charge is -2.25. The zero-order chi connectivity index (χ0) is 28.7. The van der Waals surface area contributed by atoms with Crippen LogP contribution in [0.2, 0.25) is 0 Å². The first kappa shape index (κ1) is 30.2. The van der Waals surface area contributed by atoms with Crippen LogP contribution in [0.1, 0.15) is 29.5 Å². The van der Waals surface area contributed by atoms with Gasteiger partial charge in [-0.2, -0.15) is 3.89 Å². The van der Waals surface area contributed by atoms with Gasteiger partial charge >= 0.3 is 0 Å². The van der Waals surface area contributed by atoms with E-state index in [1.54, 1.807) is 24.1 Å². The first-order valence-electron chi connectivity index (χ1n) is 12.9. The number of amides is 1. The highest BCUT2D eigenvalue weighted by molar-refractivity contribution is 7.98. The van der Waals surface area contributed by atoms with Gasteiger partial charge < -0.3 is 20.6 Å². The standard InChI is InChI=1S/C32H35FN4O2S/c1-4-29(40-33)32(34-2)37(3)30(22-19-26-14-8-9-15-28(26)38)35-23-25-17-20-27(21-18-25)36-31(39)16-10-13-24-11-6-5-7-12-24/h4-9,11-12,14-15,17-18,20-22,35,38H,1-2,10,13,16,19,23H2,3H3,(H,36,39)/b30-22-,32-29+. The van der Waals surface area contributed by atoms with Crippen molar-refractivity contribution < 1.29 is 13.8 Å². The molecule has 0 aliphatic carbocycles. The SMILES string of the molecule is C=C/C(SF)=C(/N=C)N(C)/C(=C\Cc1ccccc1O)NCc1ccc(NC(=O)CCCc2ccccc2)cc1. The summed E-state index contributed by atoms with van der Waals surface area (Å²) in [5.41, 5.74) is 3.69. The van der Waals surface area contributed by atoms with E-state index in [0.29, 0.717) is 31.0 Å². The number of carbonyl (C=O) groups excluding carboxylic acids is 1. The van der Waals surface area contributed by atoms with Crippen LogP contribution in [0.4, 0.5) is 9.57 Å². The Kier molecular flexibility index (Phi) is 12.1. The molecule has 3 N–H and O–H groups in total. The Bertz CT molecular complexity index is 1340. The lowest BCUT2D eigenvalue weighted by molar-refractivity contribution is -0.116. The summed E-state index contributed by atoms with van der Waals surface area (Å²) in [6.45, 7) is 7.71. The second-order valence-electron chi connectivity index (χ2n) is 9.05. The molecule has 3 aromatic rings. The monoisotopic (exact) mass is 558 g/mol.